The van der Waals surface area contributed by atoms with Crippen LogP contribution in [0.1, 0.15) is 29.9 Å². The van der Waals surface area contributed by atoms with Crippen LogP contribution < -0.4 is 10.6 Å². The van der Waals surface area contributed by atoms with Gasteiger partial charge in [0.25, 0.3) is 5.91 Å². The normalized spacial score (nSPS) is 20.2. The predicted molar refractivity (Wildman–Crippen MR) is 81.2 cm³/mol. The number of likely N-dealkylation sites (tertiary alicyclic amines) is 1. The fourth-order valence-electron chi connectivity index (χ4n) is 2.28. The number of nitrogens with zero attached hydrogens (tertiary/aromatic N) is 3. The predicted octanol–water partition coefficient (Wildman–Crippen LogP) is 1.02. The second kappa shape index (κ2) is 5.97. The van der Waals surface area contributed by atoms with Crippen LogP contribution in [0.3, 0.4) is 0 Å². The quantitative estimate of drug-likeness (QED) is 0.867. The summed E-state index contributed by atoms with van der Waals surface area (Å²) in [5, 5.41) is 10.4. The molecule has 0 spiro atoms. The average Bonchev–Trinajstić information content (AvgIpc) is 3.03. The molecule has 6 nitrogen and oxygen atoms in total. The van der Waals surface area contributed by atoms with E-state index in [1.807, 2.05) is 18.9 Å². The highest BCUT2D eigenvalue weighted by molar-refractivity contribution is 7.18. The minimum absolute atomic E-state index is 0.0705. The Morgan fingerprint density at radius 3 is 2.95 bits per heavy atom. The van der Waals surface area contributed by atoms with Crippen LogP contribution in [0.15, 0.2) is 0 Å². The van der Waals surface area contributed by atoms with E-state index >= 15 is 0 Å². The summed E-state index contributed by atoms with van der Waals surface area (Å²) in [6, 6.07) is 0. The zero-order valence-electron chi connectivity index (χ0n) is 12.2. The number of aromatic nitrogens is 1. The summed E-state index contributed by atoms with van der Waals surface area (Å²) in [6.07, 6.45) is 0.456. The molecule has 0 aromatic carbocycles. The van der Waals surface area contributed by atoms with Crippen molar-refractivity contribution in [2.24, 2.45) is 5.92 Å². The van der Waals surface area contributed by atoms with Crippen molar-refractivity contribution in [3.05, 3.63) is 4.88 Å². The number of aliphatic hydroxyl groups excluding tert-OH is 1. The molecule has 1 aliphatic heterocycles. The highest BCUT2D eigenvalue weighted by atomic mass is 32.1. The number of thiazole rings is 1. The van der Waals surface area contributed by atoms with Gasteiger partial charge in [0.05, 0.1) is 6.10 Å². The van der Waals surface area contributed by atoms with Crippen molar-refractivity contribution in [1.29, 1.82) is 0 Å². The van der Waals surface area contributed by atoms with Gasteiger partial charge in [-0.2, -0.15) is 0 Å². The molecule has 1 saturated heterocycles. The van der Waals surface area contributed by atoms with Crippen molar-refractivity contribution in [3.8, 4) is 0 Å². The lowest BCUT2D eigenvalue weighted by atomic mass is 10.0. The van der Waals surface area contributed by atoms with E-state index in [0.717, 1.165) is 18.1 Å². The first-order chi connectivity index (χ1) is 9.43. The van der Waals surface area contributed by atoms with Crippen molar-refractivity contribution in [2.75, 3.05) is 37.3 Å². The summed E-state index contributed by atoms with van der Waals surface area (Å²) in [4.78, 5) is 21.0. The molecule has 2 unspecified atom stereocenters. The molecule has 112 valence electrons. The number of aliphatic hydroxyl groups is 1. The highest BCUT2D eigenvalue weighted by Gasteiger charge is 2.31. The van der Waals surface area contributed by atoms with E-state index in [1.54, 1.807) is 11.8 Å². The fraction of sp³-hybridized carbons (Fsp3) is 0.692. The van der Waals surface area contributed by atoms with Crippen LogP contribution in [0.25, 0.3) is 0 Å². The molecule has 2 atom stereocenters. The Balaban J connectivity index is 2.12. The van der Waals surface area contributed by atoms with Crippen LogP contribution >= 0.6 is 11.3 Å². The summed E-state index contributed by atoms with van der Waals surface area (Å²) < 4.78 is 0. The van der Waals surface area contributed by atoms with E-state index in [0.29, 0.717) is 23.8 Å². The van der Waals surface area contributed by atoms with Gasteiger partial charge in [-0.25, -0.2) is 4.98 Å². The van der Waals surface area contributed by atoms with Gasteiger partial charge in [0.2, 0.25) is 0 Å². The fourth-order valence-corrected chi connectivity index (χ4v) is 3.26. The van der Waals surface area contributed by atoms with Crippen LogP contribution in [0, 0.1) is 5.92 Å². The van der Waals surface area contributed by atoms with Crippen LogP contribution in [0.4, 0.5) is 10.9 Å². The lowest BCUT2D eigenvalue weighted by Gasteiger charge is -2.17. The van der Waals surface area contributed by atoms with Gasteiger partial charge in [0, 0.05) is 32.6 Å². The maximum Gasteiger partial charge on any atom is 0.267 e. The van der Waals surface area contributed by atoms with E-state index < -0.39 is 0 Å². The van der Waals surface area contributed by atoms with Crippen LogP contribution in [-0.4, -0.2) is 53.7 Å². The molecule has 0 aliphatic carbocycles. The smallest absolute Gasteiger partial charge is 0.267 e. The van der Waals surface area contributed by atoms with E-state index in [9.17, 15) is 9.90 Å². The SMILES string of the molecule is CCN(C)c1nc(N)c(C(=O)N2CCC(C(C)O)C2)s1. The first kappa shape index (κ1) is 15.1. The number of carbonyl (C=O) groups excluding carboxylic acids is 1. The zero-order valence-corrected chi connectivity index (χ0v) is 13.0. The number of carbonyl (C=O) groups is 1. The van der Waals surface area contributed by atoms with Gasteiger partial charge in [0.15, 0.2) is 5.13 Å². The molecule has 1 fully saturated rings. The summed E-state index contributed by atoms with van der Waals surface area (Å²) in [5.41, 5.74) is 5.87. The van der Waals surface area contributed by atoms with Crippen LogP contribution in [0.5, 0.6) is 0 Å². The van der Waals surface area contributed by atoms with Crippen molar-refractivity contribution in [3.63, 3.8) is 0 Å². The first-order valence-corrected chi connectivity index (χ1v) is 7.70. The van der Waals surface area contributed by atoms with Gasteiger partial charge < -0.3 is 20.6 Å². The summed E-state index contributed by atoms with van der Waals surface area (Å²) in [5.74, 6) is 0.389. The average molecular weight is 298 g/mol. The number of hydrogen-bond acceptors (Lipinski definition) is 6. The largest absolute Gasteiger partial charge is 0.393 e. The standard InChI is InChI=1S/C13H22N4O2S/c1-4-16(3)13-15-11(14)10(20-13)12(19)17-6-5-9(7-17)8(2)18/h8-9,18H,4-7,14H2,1-3H3. The molecule has 0 bridgehead atoms. The summed E-state index contributed by atoms with van der Waals surface area (Å²) >= 11 is 1.33. The van der Waals surface area contributed by atoms with Crippen molar-refractivity contribution < 1.29 is 9.90 Å². The monoisotopic (exact) mass is 298 g/mol. The molecule has 1 aromatic heterocycles. The first-order valence-electron chi connectivity index (χ1n) is 6.88. The Labute approximate surface area is 123 Å². The van der Waals surface area contributed by atoms with E-state index in [-0.39, 0.29) is 17.9 Å². The molecule has 20 heavy (non-hydrogen) atoms. The van der Waals surface area contributed by atoms with Crippen molar-refractivity contribution in [1.82, 2.24) is 9.88 Å². The molecule has 7 heteroatoms. The van der Waals surface area contributed by atoms with Crippen molar-refractivity contribution in [2.45, 2.75) is 26.4 Å². The molecular weight excluding hydrogens is 276 g/mol. The molecule has 1 amide bonds. The van der Waals surface area contributed by atoms with E-state index in [2.05, 4.69) is 4.98 Å². The molecule has 0 radical (unpaired) electrons. The Morgan fingerprint density at radius 1 is 1.70 bits per heavy atom. The minimum atomic E-state index is -0.381. The van der Waals surface area contributed by atoms with Gasteiger partial charge in [-0.3, -0.25) is 4.79 Å². The lowest BCUT2D eigenvalue weighted by molar-refractivity contribution is 0.0768. The van der Waals surface area contributed by atoms with Gasteiger partial charge >= 0.3 is 0 Å². The van der Waals surface area contributed by atoms with Gasteiger partial charge in [-0.1, -0.05) is 11.3 Å². The lowest BCUT2D eigenvalue weighted by Crippen LogP contribution is -2.30. The van der Waals surface area contributed by atoms with Crippen molar-refractivity contribution >= 4 is 28.2 Å². The molecule has 1 aromatic rings. The van der Waals surface area contributed by atoms with Gasteiger partial charge in [0.1, 0.15) is 10.7 Å². The van der Waals surface area contributed by atoms with Gasteiger partial charge in [-0.05, 0) is 20.3 Å². The van der Waals surface area contributed by atoms with E-state index in [1.165, 1.54) is 11.3 Å². The third-order valence-electron chi connectivity index (χ3n) is 3.83. The number of nitrogens with two attached hydrogens (primary N) is 1. The summed E-state index contributed by atoms with van der Waals surface area (Å²) in [6.45, 7) is 5.87. The number of amides is 1. The highest BCUT2D eigenvalue weighted by Crippen LogP contribution is 2.30. The van der Waals surface area contributed by atoms with E-state index in [4.69, 9.17) is 5.73 Å². The molecule has 2 rings (SSSR count). The third-order valence-corrected chi connectivity index (χ3v) is 5.00. The zero-order chi connectivity index (χ0) is 14.9. The topological polar surface area (TPSA) is 82.7 Å². The number of rotatable bonds is 4. The molecule has 1 aliphatic rings. The Morgan fingerprint density at radius 2 is 2.40 bits per heavy atom. The van der Waals surface area contributed by atoms with Crippen LogP contribution in [-0.2, 0) is 0 Å². The second-order valence-corrected chi connectivity index (χ2v) is 6.24. The molecule has 3 N–H and O–H groups in total. The molecular formula is C13H22N4O2S. The number of anilines is 2. The maximum atomic E-state index is 12.5. The third kappa shape index (κ3) is 2.88. The Kier molecular flexibility index (Phi) is 4.49. The Hall–Kier alpha value is -1.34. The molecule has 0 saturated carbocycles. The Bertz CT molecular complexity index is 489. The maximum absolute atomic E-state index is 12.5. The van der Waals surface area contributed by atoms with Crippen LogP contribution in [0.2, 0.25) is 0 Å². The number of nitrogen functional groups attached to an aromatic ring is 1. The number of hydrogen-bond donors (Lipinski definition) is 2. The minimum Gasteiger partial charge on any atom is -0.393 e. The van der Waals surface area contributed by atoms with Gasteiger partial charge in [-0.15, -0.1) is 0 Å². The summed E-state index contributed by atoms with van der Waals surface area (Å²) in [7, 11) is 1.92. The second-order valence-electron chi connectivity index (χ2n) is 5.27. The molecule has 2 heterocycles.